The normalized spacial score (nSPS) is 17.2. The van der Waals surface area contributed by atoms with Crippen molar-refractivity contribution < 1.29 is 4.74 Å². The second kappa shape index (κ2) is 5.83. The number of hydrogen-bond acceptors (Lipinski definition) is 5. The Kier molecular flexibility index (Phi) is 4.38. The summed E-state index contributed by atoms with van der Waals surface area (Å²) in [5.74, 6) is 3.17. The van der Waals surface area contributed by atoms with Crippen molar-refractivity contribution in [3.8, 4) is 12.3 Å². The van der Waals surface area contributed by atoms with Crippen LogP contribution in [0.5, 0.6) is 0 Å². The molecule has 1 aliphatic heterocycles. The van der Waals surface area contributed by atoms with Gasteiger partial charge in [-0.25, -0.2) is 0 Å². The predicted molar refractivity (Wildman–Crippen MR) is 56.9 cm³/mol. The van der Waals surface area contributed by atoms with Crippen LogP contribution in [0.2, 0.25) is 0 Å². The molecule has 0 fully saturated rings. The van der Waals surface area contributed by atoms with Crippen molar-refractivity contribution in [2.75, 3.05) is 20.4 Å². The molecule has 5 heteroatoms. The summed E-state index contributed by atoms with van der Waals surface area (Å²) < 4.78 is 5.30. The average Bonchev–Trinajstić information content (AvgIpc) is 2.57. The van der Waals surface area contributed by atoms with E-state index in [2.05, 4.69) is 11.1 Å². The van der Waals surface area contributed by atoms with Crippen LogP contribution in [0, 0.1) is 17.3 Å². The fourth-order valence-electron chi connectivity index (χ4n) is 1.15. The van der Waals surface area contributed by atoms with Crippen LogP contribution in [0.1, 0.15) is 6.42 Å². The van der Waals surface area contributed by atoms with Crippen LogP contribution >= 0.6 is 0 Å². The SMILES string of the molecule is C#CCCOCN1C=CN(C)/C1=C\N=O. The van der Waals surface area contributed by atoms with Crippen LogP contribution in [-0.2, 0) is 4.74 Å². The minimum Gasteiger partial charge on any atom is -0.360 e. The van der Waals surface area contributed by atoms with E-state index in [-0.39, 0.29) is 0 Å². The fraction of sp³-hybridized carbons (Fsp3) is 0.400. The van der Waals surface area contributed by atoms with Gasteiger partial charge in [0, 0.05) is 25.9 Å². The van der Waals surface area contributed by atoms with Crippen molar-refractivity contribution in [1.82, 2.24) is 9.80 Å². The molecule has 1 aliphatic rings. The molecule has 0 aliphatic carbocycles. The van der Waals surface area contributed by atoms with Crippen LogP contribution in [0.4, 0.5) is 0 Å². The molecule has 0 bridgehead atoms. The predicted octanol–water partition coefficient (Wildman–Crippen LogP) is 1.27. The van der Waals surface area contributed by atoms with Crippen LogP contribution in [0.3, 0.4) is 0 Å². The maximum atomic E-state index is 10.2. The molecule has 0 radical (unpaired) electrons. The minimum atomic E-state index is 0.365. The number of ether oxygens (including phenoxy) is 1. The van der Waals surface area contributed by atoms with Gasteiger partial charge in [0.25, 0.3) is 0 Å². The van der Waals surface area contributed by atoms with E-state index in [1.807, 2.05) is 19.4 Å². The lowest BCUT2D eigenvalue weighted by molar-refractivity contribution is 0.0693. The molecule has 0 spiro atoms. The Bertz CT molecular complexity index is 317. The van der Waals surface area contributed by atoms with Crippen molar-refractivity contribution in [3.63, 3.8) is 0 Å². The van der Waals surface area contributed by atoms with Crippen molar-refractivity contribution in [1.29, 1.82) is 0 Å². The molecule has 0 amide bonds. The highest BCUT2D eigenvalue weighted by Gasteiger charge is 2.16. The molecule has 1 rings (SSSR count). The highest BCUT2D eigenvalue weighted by Crippen LogP contribution is 2.17. The van der Waals surface area contributed by atoms with Gasteiger partial charge in [-0.2, -0.15) is 0 Å². The Balaban J connectivity index is 2.41. The number of terminal acetylenes is 1. The summed E-state index contributed by atoms with van der Waals surface area (Å²) in [6.45, 7) is 0.871. The van der Waals surface area contributed by atoms with Crippen LogP contribution in [0.25, 0.3) is 0 Å². The zero-order chi connectivity index (χ0) is 11.1. The molecule has 1 heterocycles. The molecule has 0 atom stereocenters. The molecule has 0 saturated heterocycles. The molecule has 0 aromatic rings. The summed E-state index contributed by atoms with van der Waals surface area (Å²) >= 11 is 0. The molecule has 0 aromatic heterocycles. The van der Waals surface area contributed by atoms with Crippen molar-refractivity contribution in [3.05, 3.63) is 29.3 Å². The fourth-order valence-corrected chi connectivity index (χ4v) is 1.15. The molecule has 0 saturated carbocycles. The molecule has 0 N–H and O–H groups in total. The van der Waals surface area contributed by atoms with Crippen molar-refractivity contribution in [2.45, 2.75) is 6.42 Å². The molecule has 15 heavy (non-hydrogen) atoms. The third-order valence-corrected chi connectivity index (χ3v) is 1.92. The van der Waals surface area contributed by atoms with Gasteiger partial charge >= 0.3 is 0 Å². The van der Waals surface area contributed by atoms with E-state index in [1.54, 1.807) is 9.80 Å². The van der Waals surface area contributed by atoms with E-state index < -0.39 is 0 Å². The lowest BCUT2D eigenvalue weighted by atomic mass is 10.5. The first kappa shape index (κ1) is 11.3. The van der Waals surface area contributed by atoms with Gasteiger partial charge in [-0.05, 0) is 5.18 Å². The highest BCUT2D eigenvalue weighted by atomic mass is 16.5. The van der Waals surface area contributed by atoms with Gasteiger partial charge in [0.05, 0.1) is 6.61 Å². The summed E-state index contributed by atoms with van der Waals surface area (Å²) in [5, 5.41) is 2.74. The number of nitroso groups, excluding NO2 is 1. The van der Waals surface area contributed by atoms with E-state index in [4.69, 9.17) is 11.2 Å². The number of nitrogens with zero attached hydrogens (tertiary/aromatic N) is 3. The zero-order valence-electron chi connectivity index (χ0n) is 8.59. The molecule has 5 nitrogen and oxygen atoms in total. The van der Waals surface area contributed by atoms with Gasteiger partial charge < -0.3 is 14.5 Å². The minimum absolute atomic E-state index is 0.365. The first-order valence-electron chi connectivity index (χ1n) is 4.51. The molecular formula is C10H13N3O2. The van der Waals surface area contributed by atoms with Crippen molar-refractivity contribution >= 4 is 0 Å². The number of hydrogen-bond donors (Lipinski definition) is 0. The zero-order valence-corrected chi connectivity index (χ0v) is 8.59. The van der Waals surface area contributed by atoms with E-state index in [1.165, 1.54) is 6.20 Å². The molecule has 0 aromatic carbocycles. The lowest BCUT2D eigenvalue weighted by Gasteiger charge is -2.20. The van der Waals surface area contributed by atoms with Crippen LogP contribution in [0.15, 0.2) is 29.6 Å². The first-order chi connectivity index (χ1) is 7.29. The summed E-state index contributed by atoms with van der Waals surface area (Å²) in [5.41, 5.74) is 0. The maximum absolute atomic E-state index is 10.2. The summed E-state index contributed by atoms with van der Waals surface area (Å²) in [4.78, 5) is 13.7. The smallest absolute Gasteiger partial charge is 0.136 e. The van der Waals surface area contributed by atoms with Gasteiger partial charge in [-0.3, -0.25) is 0 Å². The second-order valence-electron chi connectivity index (χ2n) is 2.96. The Morgan fingerprint density at radius 2 is 2.47 bits per heavy atom. The van der Waals surface area contributed by atoms with Gasteiger partial charge in [-0.15, -0.1) is 17.3 Å². The maximum Gasteiger partial charge on any atom is 0.136 e. The third-order valence-electron chi connectivity index (χ3n) is 1.92. The van der Waals surface area contributed by atoms with Crippen molar-refractivity contribution in [2.24, 2.45) is 5.18 Å². The van der Waals surface area contributed by atoms with Gasteiger partial charge in [0.15, 0.2) is 0 Å². The quantitative estimate of drug-likeness (QED) is 0.387. The lowest BCUT2D eigenvalue weighted by Crippen LogP contribution is -2.22. The first-order valence-corrected chi connectivity index (χ1v) is 4.51. The Labute approximate surface area is 89.0 Å². The summed E-state index contributed by atoms with van der Waals surface area (Å²) in [7, 11) is 1.83. The van der Waals surface area contributed by atoms with E-state index in [0.717, 1.165) is 0 Å². The second-order valence-corrected chi connectivity index (χ2v) is 2.96. The Hall–Kier alpha value is -1.80. The summed E-state index contributed by atoms with van der Waals surface area (Å²) in [6.07, 6.45) is 10.5. The Morgan fingerprint density at radius 3 is 3.13 bits per heavy atom. The average molecular weight is 207 g/mol. The van der Waals surface area contributed by atoms with Gasteiger partial charge in [0.1, 0.15) is 18.8 Å². The molecule has 80 valence electrons. The highest BCUT2D eigenvalue weighted by molar-refractivity contribution is 5.12. The monoisotopic (exact) mass is 207 g/mol. The standard InChI is InChI=1S/C10H13N3O2/c1-3-4-7-15-9-13-6-5-12(2)10(13)8-11-14/h1,5-6,8H,4,7,9H2,2H3/b10-8+. The van der Waals surface area contributed by atoms with E-state index >= 15 is 0 Å². The summed E-state index contributed by atoms with van der Waals surface area (Å²) in [6, 6.07) is 0. The van der Waals surface area contributed by atoms with Crippen LogP contribution < -0.4 is 0 Å². The van der Waals surface area contributed by atoms with E-state index in [9.17, 15) is 4.91 Å². The third kappa shape index (κ3) is 3.11. The van der Waals surface area contributed by atoms with Crippen LogP contribution in [-0.4, -0.2) is 30.2 Å². The molecular weight excluding hydrogens is 194 g/mol. The van der Waals surface area contributed by atoms with Gasteiger partial charge in [0.2, 0.25) is 0 Å². The Morgan fingerprint density at radius 1 is 1.67 bits per heavy atom. The molecule has 0 unspecified atom stereocenters. The number of rotatable bonds is 5. The van der Waals surface area contributed by atoms with Gasteiger partial charge in [-0.1, -0.05) is 0 Å². The topological polar surface area (TPSA) is 45.1 Å². The van der Waals surface area contributed by atoms with E-state index in [0.29, 0.717) is 25.6 Å². The largest absolute Gasteiger partial charge is 0.360 e.